The quantitative estimate of drug-likeness (QED) is 0.655. The van der Waals surface area contributed by atoms with E-state index in [2.05, 4.69) is 61.7 Å². The Hall–Kier alpha value is -1.07. The molecule has 2 aromatic rings. The van der Waals surface area contributed by atoms with E-state index in [0.29, 0.717) is 5.92 Å². The number of nitrogens with zero attached hydrogens (tertiary/aromatic N) is 2. The van der Waals surface area contributed by atoms with Crippen molar-refractivity contribution in [3.8, 4) is 0 Å². The molecule has 1 aromatic heterocycles. The third-order valence-electron chi connectivity index (χ3n) is 3.02. The van der Waals surface area contributed by atoms with Crippen molar-refractivity contribution in [3.63, 3.8) is 0 Å². The second kappa shape index (κ2) is 5.51. The van der Waals surface area contributed by atoms with Crippen molar-refractivity contribution in [1.82, 2.24) is 9.97 Å². The first-order valence-electron chi connectivity index (χ1n) is 6.20. The Morgan fingerprint density at radius 3 is 2.58 bits per heavy atom. The summed E-state index contributed by atoms with van der Waals surface area (Å²) in [5.41, 5.74) is 1.05. The molecule has 3 rings (SSSR count). The maximum absolute atomic E-state index is 4.58. The van der Waals surface area contributed by atoms with Gasteiger partial charge in [-0.3, -0.25) is 0 Å². The molecule has 0 bridgehead atoms. The summed E-state index contributed by atoms with van der Waals surface area (Å²) < 4.78 is 0.840. The highest BCUT2D eigenvalue weighted by Gasteiger charge is 2.27. The van der Waals surface area contributed by atoms with Crippen molar-refractivity contribution in [1.29, 1.82) is 0 Å². The van der Waals surface area contributed by atoms with Crippen LogP contribution < -0.4 is 5.32 Å². The number of hydrogen-bond acceptors (Lipinski definition) is 4. The molecule has 98 valence electrons. The van der Waals surface area contributed by atoms with Crippen LogP contribution in [0.1, 0.15) is 24.6 Å². The van der Waals surface area contributed by atoms with Crippen molar-refractivity contribution < 1.29 is 0 Å². The minimum atomic E-state index is 0.553. The number of hydrogen-bond donors (Lipinski definition) is 1. The fraction of sp³-hybridized carbons (Fsp3) is 0.286. The zero-order chi connectivity index (χ0) is 13.2. The summed E-state index contributed by atoms with van der Waals surface area (Å²) in [6.45, 7) is 0. The van der Waals surface area contributed by atoms with E-state index in [1.165, 1.54) is 17.7 Å². The third kappa shape index (κ3) is 3.28. The average molecular weight is 336 g/mol. The van der Waals surface area contributed by atoms with E-state index in [-0.39, 0.29) is 0 Å². The van der Waals surface area contributed by atoms with E-state index >= 15 is 0 Å². The van der Waals surface area contributed by atoms with Gasteiger partial charge in [-0.05, 0) is 59.3 Å². The summed E-state index contributed by atoms with van der Waals surface area (Å²) in [7, 11) is 0. The minimum absolute atomic E-state index is 0.553. The molecule has 1 aliphatic rings. The Bertz CT molecular complexity index is 582. The highest BCUT2D eigenvalue weighted by Crippen LogP contribution is 2.39. The number of anilines is 2. The second-order valence-corrected chi connectivity index (χ2v) is 6.25. The fourth-order valence-electron chi connectivity index (χ4n) is 1.85. The largest absolute Gasteiger partial charge is 0.340 e. The molecule has 1 heterocycles. The number of benzene rings is 1. The highest BCUT2D eigenvalue weighted by molar-refractivity contribution is 9.10. The van der Waals surface area contributed by atoms with Crippen LogP contribution in [0, 0.1) is 0 Å². The molecule has 1 fully saturated rings. The summed E-state index contributed by atoms with van der Waals surface area (Å²) in [5, 5.41) is 3.33. The van der Waals surface area contributed by atoms with Gasteiger partial charge in [0, 0.05) is 22.6 Å². The van der Waals surface area contributed by atoms with Crippen LogP contribution >= 0.6 is 27.7 Å². The van der Waals surface area contributed by atoms with Gasteiger partial charge >= 0.3 is 0 Å². The zero-order valence-electron chi connectivity index (χ0n) is 10.6. The lowest BCUT2D eigenvalue weighted by Gasteiger charge is -2.08. The van der Waals surface area contributed by atoms with Gasteiger partial charge in [0.1, 0.15) is 16.2 Å². The number of nitrogens with one attached hydrogen (secondary N) is 1. The van der Waals surface area contributed by atoms with Crippen molar-refractivity contribution in [2.75, 3.05) is 11.6 Å². The van der Waals surface area contributed by atoms with E-state index in [1.807, 2.05) is 6.07 Å². The van der Waals surface area contributed by atoms with E-state index in [4.69, 9.17) is 0 Å². The van der Waals surface area contributed by atoms with Gasteiger partial charge in [-0.1, -0.05) is 0 Å². The van der Waals surface area contributed by atoms with Gasteiger partial charge < -0.3 is 5.32 Å². The molecular weight excluding hydrogens is 322 g/mol. The summed E-state index contributed by atoms with van der Waals surface area (Å²) >= 11 is 5.19. The summed E-state index contributed by atoms with van der Waals surface area (Å²) in [4.78, 5) is 10.3. The predicted molar refractivity (Wildman–Crippen MR) is 83.2 cm³/mol. The topological polar surface area (TPSA) is 37.8 Å². The third-order valence-corrected chi connectivity index (χ3v) is 4.17. The standard InChI is InChI=1S/C14H14BrN3S/c1-19-11-6-4-10(5-7-11)16-13-8-12(15)17-14(18-13)9-2-3-9/h4-9H,2-3H2,1H3,(H,16,17,18). The molecule has 5 heteroatoms. The molecule has 0 spiro atoms. The van der Waals surface area contributed by atoms with Gasteiger partial charge in [0.15, 0.2) is 0 Å². The van der Waals surface area contributed by atoms with Crippen molar-refractivity contribution >= 4 is 39.2 Å². The minimum Gasteiger partial charge on any atom is -0.340 e. The molecule has 1 saturated carbocycles. The fourth-order valence-corrected chi connectivity index (χ4v) is 2.65. The van der Waals surface area contributed by atoms with Crippen LogP contribution in [-0.2, 0) is 0 Å². The molecule has 0 atom stereocenters. The lowest BCUT2D eigenvalue weighted by molar-refractivity contribution is 0.919. The van der Waals surface area contributed by atoms with E-state index in [9.17, 15) is 0 Å². The Balaban J connectivity index is 1.81. The predicted octanol–water partition coefficient (Wildman–Crippen LogP) is 4.58. The van der Waals surface area contributed by atoms with Crippen LogP contribution in [0.15, 0.2) is 39.8 Å². The Morgan fingerprint density at radius 2 is 1.95 bits per heavy atom. The zero-order valence-corrected chi connectivity index (χ0v) is 13.0. The molecule has 1 aliphatic carbocycles. The van der Waals surface area contributed by atoms with Gasteiger partial charge in [0.25, 0.3) is 0 Å². The number of halogens is 1. The second-order valence-electron chi connectivity index (χ2n) is 4.56. The molecule has 1 aromatic carbocycles. The normalized spacial score (nSPS) is 14.4. The number of rotatable bonds is 4. The number of aromatic nitrogens is 2. The summed E-state index contributed by atoms with van der Waals surface area (Å²) in [5.74, 6) is 2.34. The van der Waals surface area contributed by atoms with E-state index < -0.39 is 0 Å². The van der Waals surface area contributed by atoms with Gasteiger partial charge in [-0.15, -0.1) is 11.8 Å². The SMILES string of the molecule is CSc1ccc(Nc2cc(Br)nc(C3CC3)n2)cc1. The lowest BCUT2D eigenvalue weighted by atomic mass is 10.3. The molecule has 0 saturated heterocycles. The van der Waals surface area contributed by atoms with Gasteiger partial charge in [0.05, 0.1) is 0 Å². The molecule has 1 N–H and O–H groups in total. The van der Waals surface area contributed by atoms with Crippen LogP contribution in [0.3, 0.4) is 0 Å². The summed E-state index contributed by atoms with van der Waals surface area (Å²) in [6, 6.07) is 10.3. The summed E-state index contributed by atoms with van der Waals surface area (Å²) in [6.07, 6.45) is 4.49. The van der Waals surface area contributed by atoms with Crippen LogP contribution in [0.25, 0.3) is 0 Å². The van der Waals surface area contributed by atoms with Crippen molar-refractivity contribution in [2.24, 2.45) is 0 Å². The maximum Gasteiger partial charge on any atom is 0.135 e. The maximum atomic E-state index is 4.58. The first kappa shape index (κ1) is 12.9. The molecule has 0 amide bonds. The molecule has 0 unspecified atom stereocenters. The Labute approximate surface area is 125 Å². The Kier molecular flexibility index (Phi) is 3.75. The molecule has 0 aliphatic heterocycles. The lowest BCUT2D eigenvalue weighted by Crippen LogP contribution is -1.99. The van der Waals surface area contributed by atoms with Gasteiger partial charge in [0.2, 0.25) is 0 Å². The monoisotopic (exact) mass is 335 g/mol. The van der Waals surface area contributed by atoms with E-state index in [0.717, 1.165) is 21.9 Å². The van der Waals surface area contributed by atoms with Crippen LogP contribution in [-0.4, -0.2) is 16.2 Å². The Morgan fingerprint density at radius 1 is 1.21 bits per heavy atom. The highest BCUT2D eigenvalue weighted by atomic mass is 79.9. The molecular formula is C14H14BrN3S. The average Bonchev–Trinajstić information content (AvgIpc) is 3.23. The smallest absolute Gasteiger partial charge is 0.135 e. The van der Waals surface area contributed by atoms with Crippen LogP contribution in [0.4, 0.5) is 11.5 Å². The van der Waals surface area contributed by atoms with E-state index in [1.54, 1.807) is 11.8 Å². The van der Waals surface area contributed by atoms with Crippen molar-refractivity contribution in [2.45, 2.75) is 23.7 Å². The first-order valence-corrected chi connectivity index (χ1v) is 8.22. The molecule has 19 heavy (non-hydrogen) atoms. The van der Waals surface area contributed by atoms with Crippen LogP contribution in [0.5, 0.6) is 0 Å². The molecule has 3 nitrogen and oxygen atoms in total. The van der Waals surface area contributed by atoms with Crippen LogP contribution in [0.2, 0.25) is 0 Å². The first-order chi connectivity index (χ1) is 9.24. The number of thioether (sulfide) groups is 1. The van der Waals surface area contributed by atoms with Crippen molar-refractivity contribution in [3.05, 3.63) is 40.8 Å². The van der Waals surface area contributed by atoms with Gasteiger partial charge in [-0.25, -0.2) is 9.97 Å². The molecule has 0 radical (unpaired) electrons. The van der Waals surface area contributed by atoms with Gasteiger partial charge in [-0.2, -0.15) is 0 Å².